The Bertz CT molecular complexity index is 1980. The average Bonchev–Trinajstić information content (AvgIpc) is 3.70. The Morgan fingerprint density at radius 3 is 2.76 bits per heavy atom. The van der Waals surface area contributed by atoms with Gasteiger partial charge in [0.1, 0.15) is 42.6 Å². The highest BCUT2D eigenvalue weighted by molar-refractivity contribution is 8.07. The Kier molecular flexibility index (Phi) is 10.7. The number of carbonyl (C=O) groups is 1. The van der Waals surface area contributed by atoms with Crippen molar-refractivity contribution in [2.75, 3.05) is 18.5 Å². The molecule has 0 aliphatic carbocycles. The molecule has 1 fully saturated rings. The van der Waals surface area contributed by atoms with Crippen molar-refractivity contribution in [1.82, 2.24) is 39.0 Å². The van der Waals surface area contributed by atoms with Crippen LogP contribution in [-0.2, 0) is 57.0 Å². The Balaban J connectivity index is 1.42. The molecule has 0 radical (unpaired) electrons. The minimum atomic E-state index is -4.06. The molecule has 2 bridgehead atoms. The minimum Gasteiger partial charge on any atom is -0.408 e. The topological polar surface area (TPSA) is 212 Å². The maximum atomic E-state index is 13.1. The third-order valence-corrected chi connectivity index (χ3v) is 15.5. The van der Waals surface area contributed by atoms with E-state index in [0.29, 0.717) is 23.5 Å². The largest absolute Gasteiger partial charge is 0.408 e. The smallest absolute Gasteiger partial charge is 0.325 e. The lowest BCUT2D eigenvalue weighted by molar-refractivity contribution is -0.118. The van der Waals surface area contributed by atoms with Gasteiger partial charge in [-0.15, -0.1) is 0 Å². The summed E-state index contributed by atoms with van der Waals surface area (Å²) < 4.78 is 41.0. The van der Waals surface area contributed by atoms with Crippen LogP contribution >= 0.6 is 15.8 Å². The molecule has 22 heteroatoms. The van der Waals surface area contributed by atoms with Gasteiger partial charge < -0.3 is 32.2 Å². The van der Waals surface area contributed by atoms with Gasteiger partial charge in [-0.2, -0.15) is 4.98 Å². The number of amides is 1. The lowest BCUT2D eigenvalue weighted by Gasteiger charge is -2.40. The molecule has 3 N–H and O–H groups in total. The number of nitrogens with zero attached hydrogens (tertiary/aromatic N) is 7. The molecule has 2 aliphatic rings. The molecule has 4 aromatic rings. The fourth-order valence-electron chi connectivity index (χ4n) is 5.20. The number of imidazole rings is 2. The zero-order chi connectivity index (χ0) is 36.0. The molecule has 1 saturated heterocycles. The van der Waals surface area contributed by atoms with Gasteiger partial charge in [0, 0.05) is 12.5 Å². The first-order chi connectivity index (χ1) is 23.5. The maximum absolute atomic E-state index is 13.1. The molecule has 6 heterocycles. The fraction of sp³-hybridized carbons (Fsp3) is 0.607. The third kappa shape index (κ3) is 7.75. The maximum Gasteiger partial charge on any atom is 0.325 e. The summed E-state index contributed by atoms with van der Waals surface area (Å²) in [6.45, 7) is 10.3. The summed E-state index contributed by atoms with van der Waals surface area (Å²) in [4.78, 5) is 61.5. The van der Waals surface area contributed by atoms with E-state index in [9.17, 15) is 14.5 Å². The van der Waals surface area contributed by atoms with E-state index in [0.717, 1.165) is 0 Å². The molecule has 50 heavy (non-hydrogen) atoms. The zero-order valence-electron chi connectivity index (χ0n) is 28.6. The van der Waals surface area contributed by atoms with Crippen LogP contribution in [-0.4, -0.2) is 89.7 Å². The van der Waals surface area contributed by atoms with Gasteiger partial charge in [0.2, 0.25) is 11.9 Å². The number of carbonyl (C=O) groups excluding carboxylic acids is 1. The third-order valence-electron chi connectivity index (χ3n) is 8.88. The van der Waals surface area contributed by atoms with Gasteiger partial charge in [0.05, 0.1) is 25.7 Å². The van der Waals surface area contributed by atoms with Gasteiger partial charge >= 0.3 is 6.72 Å². The summed E-state index contributed by atoms with van der Waals surface area (Å²) in [7, 11) is -2.88. The minimum absolute atomic E-state index is 0.00448. The van der Waals surface area contributed by atoms with Gasteiger partial charge in [0.25, 0.3) is 5.56 Å². The van der Waals surface area contributed by atoms with E-state index >= 15 is 0 Å². The first kappa shape index (κ1) is 37.2. The lowest BCUT2D eigenvalue weighted by atomic mass is 10.1. The Labute approximate surface area is 295 Å². The monoisotopic (exact) mass is 769 g/mol. The molecule has 2 aliphatic heterocycles. The molecule has 3 unspecified atom stereocenters. The number of rotatable bonds is 5. The van der Waals surface area contributed by atoms with E-state index in [2.05, 4.69) is 69.1 Å². The van der Waals surface area contributed by atoms with Gasteiger partial charge in [-0.1, -0.05) is 34.6 Å². The predicted octanol–water partition coefficient (Wildman–Crippen LogP) is 3.52. The van der Waals surface area contributed by atoms with E-state index in [1.54, 1.807) is 24.6 Å². The number of aromatic amines is 1. The number of hydrogen-bond donors (Lipinski definition) is 3. The standard InChI is InChI=1S/C28H41N9O9P2SSi/c1-15(2)24(38)34-27-33-23-19(25(39)35-27)31-14-37(23)26-21-20(46-50(6,7)28(3,4)5)17(44-26)11-42-47-41-9-8-36-18(12-43-48(40,49)45-21)32-16-10-29-13-30-22(16)36/h10,13-15,17,20-21,26,47H,8-9,11-12H2,1-7H3,(H,40,49)(H2,33,34,35,38,39)/t17-,20?,21-,26-,48?/m1/s1. The highest BCUT2D eigenvalue weighted by Gasteiger charge is 2.53. The van der Waals surface area contributed by atoms with Crippen molar-refractivity contribution in [2.24, 2.45) is 5.92 Å². The molecule has 272 valence electrons. The number of H-pyrrole nitrogens is 1. The van der Waals surface area contributed by atoms with E-state index in [1.165, 1.54) is 17.2 Å². The van der Waals surface area contributed by atoms with Crippen LogP contribution in [0.1, 0.15) is 46.7 Å². The van der Waals surface area contributed by atoms with Crippen LogP contribution < -0.4 is 10.9 Å². The molecular formula is C28H41N9O9P2SSi. The normalized spacial score (nSPS) is 26.3. The second-order valence-electron chi connectivity index (χ2n) is 13.8. The zero-order valence-corrected chi connectivity index (χ0v) is 32.4. The lowest BCUT2D eigenvalue weighted by Crippen LogP contribution is -2.50. The average molecular weight is 770 g/mol. The van der Waals surface area contributed by atoms with Crippen LogP contribution in [0.3, 0.4) is 0 Å². The van der Waals surface area contributed by atoms with Crippen molar-refractivity contribution in [3.05, 3.63) is 35.0 Å². The second-order valence-corrected chi connectivity index (χ2v) is 22.0. The van der Waals surface area contributed by atoms with Crippen molar-refractivity contribution in [1.29, 1.82) is 0 Å². The highest BCUT2D eigenvalue weighted by Crippen LogP contribution is 2.52. The quantitative estimate of drug-likeness (QED) is 0.196. The summed E-state index contributed by atoms with van der Waals surface area (Å²) in [6, 6.07) is 0. The fourth-order valence-corrected chi connectivity index (χ4v) is 8.34. The molecule has 0 spiro atoms. The van der Waals surface area contributed by atoms with E-state index < -0.39 is 45.1 Å². The van der Waals surface area contributed by atoms with Crippen LogP contribution in [0.2, 0.25) is 18.1 Å². The molecular weight excluding hydrogens is 728 g/mol. The molecule has 6 rings (SSSR count). The number of aromatic nitrogens is 8. The van der Waals surface area contributed by atoms with Crippen molar-refractivity contribution < 1.29 is 36.9 Å². The number of nitrogens with one attached hydrogen (secondary N) is 2. The first-order valence-electron chi connectivity index (χ1n) is 15.9. The highest BCUT2D eigenvalue weighted by atomic mass is 32.5. The molecule has 4 aromatic heterocycles. The van der Waals surface area contributed by atoms with Crippen molar-refractivity contribution >= 4 is 70.1 Å². The Hall–Kier alpha value is -2.61. The van der Waals surface area contributed by atoms with Gasteiger partial charge in [0.15, 0.2) is 40.4 Å². The summed E-state index contributed by atoms with van der Waals surface area (Å²) in [5.74, 6) is -0.342. The number of anilines is 1. The van der Waals surface area contributed by atoms with E-state index in [4.69, 9.17) is 39.1 Å². The van der Waals surface area contributed by atoms with Gasteiger partial charge in [-0.3, -0.25) is 29.0 Å². The van der Waals surface area contributed by atoms with E-state index in [-0.39, 0.29) is 62.8 Å². The van der Waals surface area contributed by atoms with Crippen LogP contribution in [0.4, 0.5) is 5.95 Å². The van der Waals surface area contributed by atoms with Crippen LogP contribution in [0, 0.1) is 5.92 Å². The molecule has 0 saturated carbocycles. The van der Waals surface area contributed by atoms with Gasteiger partial charge in [-0.05, 0) is 29.9 Å². The molecule has 6 atom stereocenters. The Morgan fingerprint density at radius 2 is 2.02 bits per heavy atom. The van der Waals surface area contributed by atoms with E-state index in [1.807, 2.05) is 0 Å². The summed E-state index contributed by atoms with van der Waals surface area (Å²) in [5.41, 5.74) is 0.618. The number of ether oxygens (including phenoxy) is 1. The summed E-state index contributed by atoms with van der Waals surface area (Å²) >= 11 is 5.60. The molecule has 18 nitrogen and oxygen atoms in total. The summed E-state index contributed by atoms with van der Waals surface area (Å²) in [6.07, 6.45) is 0.626. The predicted molar refractivity (Wildman–Crippen MR) is 189 cm³/mol. The number of hydrogen-bond acceptors (Lipinski definition) is 14. The van der Waals surface area contributed by atoms with Crippen LogP contribution in [0.5, 0.6) is 0 Å². The summed E-state index contributed by atoms with van der Waals surface area (Å²) in [5, 5.41) is 2.40. The number of fused-ring (bicyclic) bond motifs is 6. The van der Waals surface area contributed by atoms with Gasteiger partial charge in [-0.25, -0.2) is 19.9 Å². The molecule has 0 aromatic carbocycles. The van der Waals surface area contributed by atoms with Crippen molar-refractivity contribution in [3.8, 4) is 0 Å². The first-order valence-corrected chi connectivity index (χ1v) is 22.3. The van der Waals surface area contributed by atoms with Crippen LogP contribution in [0.15, 0.2) is 23.6 Å². The Morgan fingerprint density at radius 1 is 1.24 bits per heavy atom. The molecule has 1 amide bonds. The SMILES string of the molecule is CC(C)C(=O)Nc1nc2c(ncn2[C@@H]2O[C@@H]3COPOCCn4c(nc5cncnc54)COP(O)(=S)O[C@@H]2C3O[Si](C)(C)C(C)(C)C)c(=O)[nH]1. The van der Waals surface area contributed by atoms with Crippen molar-refractivity contribution in [2.45, 2.75) is 90.4 Å². The second kappa shape index (κ2) is 14.4. The van der Waals surface area contributed by atoms with Crippen molar-refractivity contribution in [3.63, 3.8) is 0 Å². The van der Waals surface area contributed by atoms with Crippen LogP contribution in [0.25, 0.3) is 22.3 Å².